The molecule has 0 bridgehead atoms. The molecule has 5 N–H and O–H groups in total. The maximum Gasteiger partial charge on any atom is 0.302 e. The normalized spacial score (nSPS) is 44.5. The molecule has 210 valence electrons. The number of aliphatic hydroxyl groups is 5. The Balaban J connectivity index is 1.56. The molecule has 4 rings (SSSR count). The van der Waals surface area contributed by atoms with Crippen molar-refractivity contribution >= 4 is 11.8 Å². The number of ether oxygens (including phenoxy) is 1. The van der Waals surface area contributed by atoms with Crippen molar-refractivity contribution in [3.8, 4) is 0 Å². The monoisotopic (exact) mass is 522 g/mol. The molecule has 37 heavy (non-hydrogen) atoms. The lowest BCUT2D eigenvalue weighted by Gasteiger charge is -2.60. The van der Waals surface area contributed by atoms with Gasteiger partial charge in [-0.25, -0.2) is 0 Å². The van der Waals surface area contributed by atoms with Crippen molar-refractivity contribution < 1.29 is 39.9 Å². The summed E-state index contributed by atoms with van der Waals surface area (Å²) in [4.78, 5) is 24.4. The summed E-state index contributed by atoms with van der Waals surface area (Å²) in [6.07, 6.45) is 2.45. The van der Waals surface area contributed by atoms with Gasteiger partial charge in [-0.1, -0.05) is 20.8 Å². The average Bonchev–Trinajstić information content (AvgIpc) is 3.10. The molecule has 0 aromatic rings. The third kappa shape index (κ3) is 4.50. The van der Waals surface area contributed by atoms with Gasteiger partial charge >= 0.3 is 5.97 Å². The highest BCUT2D eigenvalue weighted by Crippen LogP contribution is 2.68. The van der Waals surface area contributed by atoms with Crippen molar-refractivity contribution in [3.63, 3.8) is 0 Å². The molecule has 11 atom stereocenters. The van der Waals surface area contributed by atoms with E-state index in [1.165, 1.54) is 6.92 Å². The number of aliphatic hydroxyl groups excluding tert-OH is 3. The standard InChI is InChI=1S/C29H46O8/c1-16(15-37-17(2)30)6-7-25(34)28(5,35)24-9-11-29(36)19-12-21(31)20-13-22(32)23(33)14-26(20,3)18(19)8-10-27(24,29)4/h12,16,18,20,22-25,32-36H,6-11,13-15H2,1-5H3. The van der Waals surface area contributed by atoms with Crippen LogP contribution in [-0.2, 0) is 14.3 Å². The van der Waals surface area contributed by atoms with Crippen LogP contribution < -0.4 is 0 Å². The van der Waals surface area contributed by atoms with Crippen molar-refractivity contribution in [1.82, 2.24) is 0 Å². The second-order valence-electron chi connectivity index (χ2n) is 13.3. The molecule has 11 unspecified atom stereocenters. The van der Waals surface area contributed by atoms with E-state index in [9.17, 15) is 35.1 Å². The minimum Gasteiger partial charge on any atom is -0.466 e. The average molecular weight is 523 g/mol. The first kappa shape index (κ1) is 28.7. The molecule has 0 amide bonds. The van der Waals surface area contributed by atoms with Gasteiger partial charge in [0.05, 0.1) is 36.1 Å². The van der Waals surface area contributed by atoms with Crippen LogP contribution in [0.3, 0.4) is 0 Å². The molecule has 0 saturated heterocycles. The predicted molar refractivity (Wildman–Crippen MR) is 136 cm³/mol. The van der Waals surface area contributed by atoms with E-state index in [2.05, 4.69) is 0 Å². The van der Waals surface area contributed by atoms with E-state index in [1.807, 2.05) is 20.8 Å². The van der Waals surface area contributed by atoms with E-state index in [-0.39, 0.29) is 48.5 Å². The van der Waals surface area contributed by atoms with Crippen LogP contribution in [0, 0.1) is 34.5 Å². The second-order valence-corrected chi connectivity index (χ2v) is 13.3. The van der Waals surface area contributed by atoms with Gasteiger partial charge in [0.15, 0.2) is 5.78 Å². The number of esters is 1. The molecule has 0 spiro atoms. The summed E-state index contributed by atoms with van der Waals surface area (Å²) < 4.78 is 5.06. The van der Waals surface area contributed by atoms with Crippen LogP contribution in [0.4, 0.5) is 0 Å². The van der Waals surface area contributed by atoms with Crippen LogP contribution in [0.15, 0.2) is 11.6 Å². The minimum absolute atomic E-state index is 0.0392. The molecule has 0 aromatic carbocycles. The van der Waals surface area contributed by atoms with E-state index in [0.29, 0.717) is 50.5 Å². The molecule has 0 aromatic heterocycles. The summed E-state index contributed by atoms with van der Waals surface area (Å²) >= 11 is 0. The number of hydrogen-bond acceptors (Lipinski definition) is 8. The smallest absolute Gasteiger partial charge is 0.302 e. The fourth-order valence-electron chi connectivity index (χ4n) is 8.62. The summed E-state index contributed by atoms with van der Waals surface area (Å²) in [5, 5.41) is 55.8. The zero-order valence-electron chi connectivity index (χ0n) is 22.9. The molecule has 0 heterocycles. The topological polar surface area (TPSA) is 145 Å². The Bertz CT molecular complexity index is 944. The van der Waals surface area contributed by atoms with Crippen LogP contribution in [0.2, 0.25) is 0 Å². The lowest BCUT2D eigenvalue weighted by molar-refractivity contribution is -0.176. The highest BCUT2D eigenvalue weighted by atomic mass is 16.5. The van der Waals surface area contributed by atoms with Crippen molar-refractivity contribution in [2.75, 3.05) is 6.61 Å². The van der Waals surface area contributed by atoms with Gasteiger partial charge in [0.1, 0.15) is 0 Å². The Hall–Kier alpha value is -1.32. The molecule has 3 fully saturated rings. The Morgan fingerprint density at radius 3 is 2.49 bits per heavy atom. The van der Waals surface area contributed by atoms with Crippen LogP contribution in [0.25, 0.3) is 0 Å². The molecule has 4 aliphatic carbocycles. The maximum absolute atomic E-state index is 13.3. The van der Waals surface area contributed by atoms with Crippen LogP contribution in [0.1, 0.15) is 86.0 Å². The number of carbonyl (C=O) groups is 2. The maximum atomic E-state index is 13.3. The predicted octanol–water partition coefficient (Wildman–Crippen LogP) is 2.28. The first-order valence-corrected chi connectivity index (χ1v) is 14.0. The summed E-state index contributed by atoms with van der Waals surface area (Å²) in [6, 6.07) is 0. The number of ketones is 1. The van der Waals surface area contributed by atoms with Gasteiger partial charge in [-0.05, 0) is 93.1 Å². The third-order valence-corrected chi connectivity index (χ3v) is 11.0. The molecule has 4 aliphatic rings. The van der Waals surface area contributed by atoms with Gasteiger partial charge < -0.3 is 30.3 Å². The molecule has 3 saturated carbocycles. The lowest BCUT2D eigenvalue weighted by atomic mass is 9.45. The Labute approximate surface area is 220 Å². The third-order valence-electron chi connectivity index (χ3n) is 11.0. The number of hydrogen-bond donors (Lipinski definition) is 5. The van der Waals surface area contributed by atoms with E-state index >= 15 is 0 Å². The Morgan fingerprint density at radius 2 is 1.84 bits per heavy atom. The van der Waals surface area contributed by atoms with Crippen molar-refractivity contribution in [1.29, 1.82) is 0 Å². The van der Waals surface area contributed by atoms with Gasteiger partial charge in [-0.15, -0.1) is 0 Å². The fraction of sp³-hybridized carbons (Fsp3) is 0.862. The first-order chi connectivity index (χ1) is 17.1. The number of allylic oxidation sites excluding steroid dienone is 1. The molecule has 0 aliphatic heterocycles. The van der Waals surface area contributed by atoms with Crippen molar-refractivity contribution in [2.24, 2.45) is 34.5 Å². The van der Waals surface area contributed by atoms with Crippen LogP contribution in [-0.4, -0.2) is 73.4 Å². The van der Waals surface area contributed by atoms with Gasteiger partial charge in [0, 0.05) is 18.3 Å². The van der Waals surface area contributed by atoms with Gasteiger partial charge in [-0.3, -0.25) is 9.59 Å². The molecular formula is C29H46O8. The van der Waals surface area contributed by atoms with Gasteiger partial charge in [0.25, 0.3) is 0 Å². The molecular weight excluding hydrogens is 476 g/mol. The number of carbonyl (C=O) groups excluding carboxylic acids is 2. The summed E-state index contributed by atoms with van der Waals surface area (Å²) in [7, 11) is 0. The van der Waals surface area contributed by atoms with Crippen LogP contribution in [0.5, 0.6) is 0 Å². The van der Waals surface area contributed by atoms with E-state index < -0.39 is 40.3 Å². The summed E-state index contributed by atoms with van der Waals surface area (Å²) in [6.45, 7) is 9.20. The zero-order valence-corrected chi connectivity index (χ0v) is 22.9. The van der Waals surface area contributed by atoms with Gasteiger partial charge in [0.2, 0.25) is 0 Å². The fourth-order valence-corrected chi connectivity index (χ4v) is 8.62. The van der Waals surface area contributed by atoms with E-state index in [4.69, 9.17) is 4.74 Å². The Kier molecular flexibility index (Phi) is 7.52. The van der Waals surface area contributed by atoms with E-state index in [0.717, 1.165) is 0 Å². The zero-order chi connectivity index (χ0) is 27.6. The quantitative estimate of drug-likeness (QED) is 0.320. The van der Waals surface area contributed by atoms with Crippen LogP contribution >= 0.6 is 0 Å². The first-order valence-electron chi connectivity index (χ1n) is 14.0. The summed E-state index contributed by atoms with van der Waals surface area (Å²) in [5.41, 5.74) is -3.33. The second kappa shape index (κ2) is 9.70. The Morgan fingerprint density at radius 1 is 1.16 bits per heavy atom. The lowest BCUT2D eigenvalue weighted by Crippen LogP contribution is -2.62. The minimum atomic E-state index is -1.45. The molecule has 0 radical (unpaired) electrons. The van der Waals surface area contributed by atoms with Crippen molar-refractivity contribution in [2.45, 2.75) is 115 Å². The molecule has 8 nitrogen and oxygen atoms in total. The number of fused-ring (bicyclic) bond motifs is 5. The number of rotatable bonds is 7. The highest BCUT2D eigenvalue weighted by molar-refractivity contribution is 5.95. The highest BCUT2D eigenvalue weighted by Gasteiger charge is 2.69. The van der Waals surface area contributed by atoms with E-state index in [1.54, 1.807) is 13.0 Å². The SMILES string of the molecule is CC(=O)OCC(C)CCC(O)C(C)(O)C1CCC2(O)C3=CC(=O)C4CC(O)C(O)CC4(C)C3CCC12C. The van der Waals surface area contributed by atoms with Crippen molar-refractivity contribution in [3.05, 3.63) is 11.6 Å². The largest absolute Gasteiger partial charge is 0.466 e. The summed E-state index contributed by atoms with van der Waals surface area (Å²) in [5.74, 6) is -1.27. The van der Waals surface area contributed by atoms with Gasteiger partial charge in [-0.2, -0.15) is 0 Å². The molecule has 8 heteroatoms.